The highest BCUT2D eigenvalue weighted by Gasteiger charge is 2.19. The van der Waals surface area contributed by atoms with Crippen LogP contribution in [0.1, 0.15) is 43.1 Å². The summed E-state index contributed by atoms with van der Waals surface area (Å²) in [6, 6.07) is 10.3. The molecule has 130 valence electrons. The molecular formula is C19H21N3O3. The molecule has 0 spiro atoms. The Morgan fingerprint density at radius 1 is 1.16 bits per heavy atom. The van der Waals surface area contributed by atoms with Crippen molar-refractivity contribution in [1.29, 1.82) is 0 Å². The number of carbonyl (C=O) groups excluding carboxylic acids is 1. The van der Waals surface area contributed by atoms with E-state index in [-0.39, 0.29) is 29.1 Å². The van der Waals surface area contributed by atoms with E-state index in [1.165, 1.54) is 4.68 Å². The van der Waals surface area contributed by atoms with Gasteiger partial charge in [-0.25, -0.2) is 4.68 Å². The summed E-state index contributed by atoms with van der Waals surface area (Å²) in [5, 5.41) is 8.26. The van der Waals surface area contributed by atoms with Gasteiger partial charge in [0.05, 0.1) is 17.7 Å². The van der Waals surface area contributed by atoms with Crippen LogP contribution < -0.4 is 10.9 Å². The number of benzene rings is 1. The quantitative estimate of drug-likeness (QED) is 0.775. The zero-order chi connectivity index (χ0) is 18.0. The minimum Gasteiger partial charge on any atom is -0.467 e. The Morgan fingerprint density at radius 3 is 2.52 bits per heavy atom. The topological polar surface area (TPSA) is 77.1 Å². The molecule has 6 nitrogen and oxygen atoms in total. The normalized spacial score (nSPS) is 12.5. The van der Waals surface area contributed by atoms with E-state index in [0.29, 0.717) is 23.1 Å². The highest BCUT2D eigenvalue weighted by molar-refractivity contribution is 6.04. The van der Waals surface area contributed by atoms with Gasteiger partial charge in [-0.1, -0.05) is 32.0 Å². The zero-order valence-electron chi connectivity index (χ0n) is 14.5. The summed E-state index contributed by atoms with van der Waals surface area (Å²) in [7, 11) is 0. The third kappa shape index (κ3) is 3.47. The molecule has 0 unspecified atom stereocenters. The largest absolute Gasteiger partial charge is 0.467 e. The number of hydrogen-bond acceptors (Lipinski definition) is 4. The van der Waals surface area contributed by atoms with Crippen molar-refractivity contribution in [2.45, 2.75) is 33.4 Å². The van der Waals surface area contributed by atoms with Gasteiger partial charge in [0.1, 0.15) is 5.76 Å². The second-order valence-electron chi connectivity index (χ2n) is 6.49. The van der Waals surface area contributed by atoms with Crippen molar-refractivity contribution in [2.24, 2.45) is 5.92 Å². The van der Waals surface area contributed by atoms with Crippen molar-refractivity contribution in [3.05, 3.63) is 64.5 Å². The standard InChI is InChI=1S/C19H21N3O3/c1-12(2)11-22-19(24)15-8-5-4-7-14(15)17(21-22)18(23)20-13(3)16-9-6-10-25-16/h4-10,12-13H,11H2,1-3H3,(H,20,23)/t13-/m1/s1. The van der Waals surface area contributed by atoms with E-state index in [9.17, 15) is 9.59 Å². The molecule has 2 heterocycles. The molecule has 0 aliphatic rings. The summed E-state index contributed by atoms with van der Waals surface area (Å²) in [5.74, 6) is 0.565. The van der Waals surface area contributed by atoms with E-state index in [4.69, 9.17) is 4.42 Å². The molecular weight excluding hydrogens is 318 g/mol. The number of carbonyl (C=O) groups is 1. The van der Waals surface area contributed by atoms with Crippen LogP contribution in [0, 0.1) is 5.92 Å². The maximum atomic E-state index is 12.8. The second kappa shape index (κ2) is 6.93. The number of nitrogens with one attached hydrogen (secondary N) is 1. The Hall–Kier alpha value is -2.89. The van der Waals surface area contributed by atoms with Crippen molar-refractivity contribution >= 4 is 16.7 Å². The van der Waals surface area contributed by atoms with Crippen molar-refractivity contribution in [3.8, 4) is 0 Å². The molecule has 0 radical (unpaired) electrons. The molecule has 3 rings (SSSR count). The summed E-state index contributed by atoms with van der Waals surface area (Å²) < 4.78 is 6.70. The molecule has 1 amide bonds. The summed E-state index contributed by atoms with van der Waals surface area (Å²) in [6.07, 6.45) is 1.56. The molecule has 0 saturated carbocycles. The molecule has 1 N–H and O–H groups in total. The van der Waals surface area contributed by atoms with Crippen LogP contribution in [0.3, 0.4) is 0 Å². The Morgan fingerprint density at radius 2 is 1.88 bits per heavy atom. The van der Waals surface area contributed by atoms with Crippen LogP contribution in [0.2, 0.25) is 0 Å². The average Bonchev–Trinajstić information content (AvgIpc) is 3.11. The molecule has 3 aromatic rings. The lowest BCUT2D eigenvalue weighted by molar-refractivity contribution is 0.0929. The van der Waals surface area contributed by atoms with E-state index in [0.717, 1.165) is 0 Å². The maximum Gasteiger partial charge on any atom is 0.274 e. The van der Waals surface area contributed by atoms with Crippen LogP contribution in [-0.2, 0) is 6.54 Å². The zero-order valence-corrected chi connectivity index (χ0v) is 14.5. The predicted molar refractivity (Wildman–Crippen MR) is 95.4 cm³/mol. The summed E-state index contributed by atoms with van der Waals surface area (Å²) in [6.45, 7) is 6.30. The molecule has 0 saturated heterocycles. The smallest absolute Gasteiger partial charge is 0.274 e. The van der Waals surface area contributed by atoms with Crippen LogP contribution in [0.5, 0.6) is 0 Å². The lowest BCUT2D eigenvalue weighted by Gasteiger charge is -2.15. The van der Waals surface area contributed by atoms with Gasteiger partial charge in [0.15, 0.2) is 5.69 Å². The number of fused-ring (bicyclic) bond motifs is 1. The van der Waals surface area contributed by atoms with Gasteiger partial charge in [-0.15, -0.1) is 0 Å². The number of aromatic nitrogens is 2. The van der Waals surface area contributed by atoms with Crippen molar-refractivity contribution in [1.82, 2.24) is 15.1 Å². The maximum absolute atomic E-state index is 12.8. The predicted octanol–water partition coefficient (Wildman–Crippen LogP) is 3.14. The minimum atomic E-state index is -0.336. The summed E-state index contributed by atoms with van der Waals surface area (Å²) >= 11 is 0. The molecule has 25 heavy (non-hydrogen) atoms. The van der Waals surface area contributed by atoms with E-state index in [1.807, 2.05) is 20.8 Å². The van der Waals surface area contributed by atoms with Crippen LogP contribution in [-0.4, -0.2) is 15.7 Å². The Labute approximate surface area is 145 Å². The fourth-order valence-corrected chi connectivity index (χ4v) is 2.75. The first-order valence-electron chi connectivity index (χ1n) is 8.31. The summed E-state index contributed by atoms with van der Waals surface area (Å²) in [4.78, 5) is 25.4. The molecule has 1 atom stereocenters. The molecule has 0 aliphatic heterocycles. The van der Waals surface area contributed by atoms with E-state index in [2.05, 4.69) is 10.4 Å². The first-order chi connectivity index (χ1) is 12.0. The summed E-state index contributed by atoms with van der Waals surface area (Å²) in [5.41, 5.74) is 0.0641. The molecule has 2 aromatic heterocycles. The SMILES string of the molecule is CC(C)Cn1nc(C(=O)N[C@H](C)c2ccco2)c2ccccc2c1=O. The fraction of sp³-hybridized carbons (Fsp3) is 0.316. The number of furan rings is 1. The van der Waals surface area contributed by atoms with Crippen LogP contribution in [0.15, 0.2) is 51.9 Å². The fourth-order valence-electron chi connectivity index (χ4n) is 2.75. The third-order valence-electron chi connectivity index (χ3n) is 3.94. The van der Waals surface area contributed by atoms with Crippen LogP contribution in [0.4, 0.5) is 0 Å². The lowest BCUT2D eigenvalue weighted by atomic mass is 10.1. The number of hydrogen-bond donors (Lipinski definition) is 1. The Balaban J connectivity index is 2.03. The monoisotopic (exact) mass is 339 g/mol. The number of amides is 1. The first kappa shape index (κ1) is 17.0. The lowest BCUT2D eigenvalue weighted by Crippen LogP contribution is -2.32. The number of nitrogens with zero attached hydrogens (tertiary/aromatic N) is 2. The highest BCUT2D eigenvalue weighted by Crippen LogP contribution is 2.17. The Bertz CT molecular complexity index is 942. The molecule has 6 heteroatoms. The highest BCUT2D eigenvalue weighted by atomic mass is 16.3. The molecule has 0 aliphatic carbocycles. The van der Waals surface area contributed by atoms with Gasteiger partial charge in [-0.2, -0.15) is 5.10 Å². The van der Waals surface area contributed by atoms with Gasteiger partial charge < -0.3 is 9.73 Å². The van der Waals surface area contributed by atoms with Gasteiger partial charge in [0, 0.05) is 11.9 Å². The van der Waals surface area contributed by atoms with Crippen molar-refractivity contribution in [3.63, 3.8) is 0 Å². The minimum absolute atomic E-state index is 0.181. The Kier molecular flexibility index (Phi) is 4.70. The van der Waals surface area contributed by atoms with Crippen molar-refractivity contribution < 1.29 is 9.21 Å². The van der Waals surface area contributed by atoms with Crippen molar-refractivity contribution in [2.75, 3.05) is 0 Å². The average molecular weight is 339 g/mol. The molecule has 0 fully saturated rings. The van der Waals surface area contributed by atoms with E-state index >= 15 is 0 Å². The van der Waals surface area contributed by atoms with Gasteiger partial charge in [0.25, 0.3) is 11.5 Å². The van der Waals surface area contributed by atoms with E-state index in [1.54, 1.807) is 42.7 Å². The van der Waals surface area contributed by atoms with Gasteiger partial charge in [0.2, 0.25) is 0 Å². The first-order valence-corrected chi connectivity index (χ1v) is 8.31. The van der Waals surface area contributed by atoms with Crippen LogP contribution in [0.25, 0.3) is 10.8 Å². The third-order valence-corrected chi connectivity index (χ3v) is 3.94. The van der Waals surface area contributed by atoms with Gasteiger partial charge >= 0.3 is 0 Å². The second-order valence-corrected chi connectivity index (χ2v) is 6.49. The van der Waals surface area contributed by atoms with Gasteiger partial charge in [-0.05, 0) is 31.0 Å². The number of rotatable bonds is 5. The molecule has 1 aromatic carbocycles. The van der Waals surface area contributed by atoms with E-state index < -0.39 is 0 Å². The van der Waals surface area contributed by atoms with Crippen LogP contribution >= 0.6 is 0 Å². The van der Waals surface area contributed by atoms with Gasteiger partial charge in [-0.3, -0.25) is 9.59 Å². The molecule has 0 bridgehead atoms.